The van der Waals surface area contributed by atoms with Crippen LogP contribution in [0.5, 0.6) is 0 Å². The number of nitro groups is 1. The van der Waals surface area contributed by atoms with E-state index in [1.807, 2.05) is 0 Å². The fourth-order valence-electron chi connectivity index (χ4n) is 2.61. The molecule has 10 heteroatoms. The number of carbonyl (C=O) groups excluding carboxylic acids is 1. The van der Waals surface area contributed by atoms with Crippen LogP contribution in [0, 0.1) is 10.1 Å². The van der Waals surface area contributed by atoms with E-state index in [2.05, 4.69) is 0 Å². The van der Waals surface area contributed by atoms with Crippen molar-refractivity contribution in [2.24, 2.45) is 0 Å². The highest BCUT2D eigenvalue weighted by Crippen LogP contribution is 2.27. The number of amides is 1. The second kappa shape index (κ2) is 6.93. The minimum Gasteiger partial charge on any atom is -0.467 e. The van der Waals surface area contributed by atoms with Gasteiger partial charge in [0.05, 0.1) is 29.5 Å². The summed E-state index contributed by atoms with van der Waals surface area (Å²) in [6.07, 6.45) is 2.85. The molecule has 0 radical (unpaired) electrons. The minimum atomic E-state index is -3.40. The maximum Gasteiger partial charge on any atom is 0.288 e. The van der Waals surface area contributed by atoms with Crippen LogP contribution < -0.4 is 0 Å². The smallest absolute Gasteiger partial charge is 0.288 e. The molecule has 1 aliphatic rings. The summed E-state index contributed by atoms with van der Waals surface area (Å²) >= 11 is 5.78. The van der Waals surface area contributed by atoms with Crippen molar-refractivity contribution in [1.82, 2.24) is 4.90 Å². The first-order chi connectivity index (χ1) is 12.3. The quantitative estimate of drug-likeness (QED) is 0.567. The largest absolute Gasteiger partial charge is 0.467 e. The first-order valence-corrected chi connectivity index (χ1v) is 9.54. The van der Waals surface area contributed by atoms with E-state index < -0.39 is 32.4 Å². The van der Waals surface area contributed by atoms with Gasteiger partial charge in [0.2, 0.25) is 0 Å². The van der Waals surface area contributed by atoms with E-state index in [1.54, 1.807) is 12.1 Å². The Morgan fingerprint density at radius 3 is 2.73 bits per heavy atom. The zero-order valence-corrected chi connectivity index (χ0v) is 14.8. The van der Waals surface area contributed by atoms with Gasteiger partial charge in [-0.25, -0.2) is 8.42 Å². The summed E-state index contributed by atoms with van der Waals surface area (Å²) in [5.74, 6) is -0.359. The summed E-state index contributed by atoms with van der Waals surface area (Å²) in [4.78, 5) is 24.6. The van der Waals surface area contributed by atoms with Crippen LogP contribution in [0.2, 0.25) is 5.02 Å². The van der Waals surface area contributed by atoms with Crippen molar-refractivity contribution in [3.8, 4) is 0 Å². The maximum absolute atomic E-state index is 12.9. The Morgan fingerprint density at radius 1 is 1.38 bits per heavy atom. The lowest BCUT2D eigenvalue weighted by Crippen LogP contribution is -2.40. The molecule has 1 aromatic carbocycles. The molecule has 0 aliphatic carbocycles. The predicted octanol–water partition coefficient (Wildman–Crippen LogP) is 2.79. The molecule has 0 saturated carbocycles. The van der Waals surface area contributed by atoms with Crippen molar-refractivity contribution >= 4 is 33.0 Å². The third-order valence-corrected chi connectivity index (χ3v) is 5.57. The standard InChI is InChI=1S/C16H13ClN2O6S/c17-14-4-3-11(8-15(14)19(21)22)16(20)18(9-13-2-1-6-25-13)12-5-7-26(23,24)10-12/h1-8,12H,9-10H2. The van der Waals surface area contributed by atoms with E-state index in [4.69, 9.17) is 16.0 Å². The topological polar surface area (TPSA) is 111 Å². The molecule has 1 aliphatic heterocycles. The average molecular weight is 397 g/mol. The van der Waals surface area contributed by atoms with Gasteiger partial charge in [-0.3, -0.25) is 14.9 Å². The predicted molar refractivity (Wildman–Crippen MR) is 93.4 cm³/mol. The number of hydrogen-bond acceptors (Lipinski definition) is 6. The highest BCUT2D eigenvalue weighted by Gasteiger charge is 2.32. The van der Waals surface area contributed by atoms with E-state index in [9.17, 15) is 23.3 Å². The molecule has 2 aromatic rings. The lowest BCUT2D eigenvalue weighted by molar-refractivity contribution is -0.384. The van der Waals surface area contributed by atoms with Crippen molar-refractivity contribution in [3.05, 3.63) is 74.5 Å². The number of furan rings is 1. The molecule has 0 saturated heterocycles. The van der Waals surface area contributed by atoms with Crippen LogP contribution in [0.15, 0.2) is 52.5 Å². The number of halogens is 1. The van der Waals surface area contributed by atoms with Crippen LogP contribution in [-0.4, -0.2) is 35.9 Å². The molecule has 0 N–H and O–H groups in total. The van der Waals surface area contributed by atoms with Gasteiger partial charge < -0.3 is 9.32 Å². The van der Waals surface area contributed by atoms with Gasteiger partial charge in [-0.15, -0.1) is 0 Å². The molecule has 0 bridgehead atoms. The van der Waals surface area contributed by atoms with Crippen molar-refractivity contribution in [1.29, 1.82) is 0 Å². The van der Waals surface area contributed by atoms with E-state index in [0.29, 0.717) is 5.76 Å². The molecule has 8 nitrogen and oxygen atoms in total. The normalized spacial score (nSPS) is 18.0. The summed E-state index contributed by atoms with van der Waals surface area (Å²) in [5, 5.41) is 12.0. The zero-order valence-electron chi connectivity index (χ0n) is 13.2. The van der Waals surface area contributed by atoms with Crippen LogP contribution in [0.1, 0.15) is 16.1 Å². The molecule has 0 fully saturated rings. The summed E-state index contributed by atoms with van der Waals surface area (Å²) in [7, 11) is -3.40. The highest BCUT2D eigenvalue weighted by atomic mass is 35.5. The Hall–Kier alpha value is -2.65. The van der Waals surface area contributed by atoms with Gasteiger partial charge in [-0.1, -0.05) is 11.6 Å². The lowest BCUT2D eigenvalue weighted by Gasteiger charge is -2.26. The monoisotopic (exact) mass is 396 g/mol. The van der Waals surface area contributed by atoms with E-state index in [-0.39, 0.29) is 22.9 Å². The fourth-order valence-corrected chi connectivity index (χ4v) is 4.10. The lowest BCUT2D eigenvalue weighted by atomic mass is 10.1. The average Bonchev–Trinajstić information content (AvgIpc) is 3.21. The van der Waals surface area contributed by atoms with Crippen LogP contribution in [0.4, 0.5) is 5.69 Å². The third-order valence-electron chi connectivity index (χ3n) is 3.87. The first-order valence-electron chi connectivity index (χ1n) is 7.45. The molecular weight excluding hydrogens is 384 g/mol. The van der Waals surface area contributed by atoms with Gasteiger partial charge in [0.15, 0.2) is 9.84 Å². The van der Waals surface area contributed by atoms with Gasteiger partial charge in [-0.05, 0) is 30.3 Å². The fraction of sp³-hybridized carbons (Fsp3) is 0.188. The van der Waals surface area contributed by atoms with Gasteiger partial charge in [-0.2, -0.15) is 0 Å². The summed E-state index contributed by atoms with van der Waals surface area (Å²) in [6, 6.07) is 6.29. The van der Waals surface area contributed by atoms with Gasteiger partial charge in [0.25, 0.3) is 11.6 Å². The summed E-state index contributed by atoms with van der Waals surface area (Å²) in [6.45, 7) is 0.0206. The molecule has 1 atom stereocenters. The number of nitro benzene ring substituents is 1. The number of carbonyl (C=O) groups is 1. The number of benzene rings is 1. The van der Waals surface area contributed by atoms with E-state index >= 15 is 0 Å². The second-order valence-corrected chi connectivity index (χ2v) is 8.00. The Kier molecular flexibility index (Phi) is 4.84. The van der Waals surface area contributed by atoms with Crippen molar-refractivity contribution in [2.75, 3.05) is 5.75 Å². The molecule has 1 aromatic heterocycles. The Morgan fingerprint density at radius 2 is 2.15 bits per heavy atom. The zero-order chi connectivity index (χ0) is 18.9. The van der Waals surface area contributed by atoms with Crippen LogP contribution in [-0.2, 0) is 16.4 Å². The number of hydrogen-bond donors (Lipinski definition) is 0. The maximum atomic E-state index is 12.9. The minimum absolute atomic E-state index is 0.0206. The number of rotatable bonds is 5. The third kappa shape index (κ3) is 3.78. The van der Waals surface area contributed by atoms with Crippen LogP contribution in [0.25, 0.3) is 0 Å². The SMILES string of the molecule is O=C(c1ccc(Cl)c([N+](=O)[O-])c1)N(Cc1ccco1)C1C=CS(=O)(=O)C1. The molecule has 1 unspecified atom stereocenters. The Bertz CT molecular complexity index is 984. The molecule has 1 amide bonds. The van der Waals surface area contributed by atoms with Crippen LogP contribution in [0.3, 0.4) is 0 Å². The van der Waals surface area contributed by atoms with Gasteiger partial charge in [0, 0.05) is 17.0 Å². The van der Waals surface area contributed by atoms with Crippen molar-refractivity contribution in [2.45, 2.75) is 12.6 Å². The molecular formula is C16H13ClN2O6S. The van der Waals surface area contributed by atoms with E-state index in [0.717, 1.165) is 11.5 Å². The van der Waals surface area contributed by atoms with E-state index in [1.165, 1.54) is 29.4 Å². The molecule has 3 rings (SSSR count). The second-order valence-electron chi connectivity index (χ2n) is 5.66. The molecule has 0 spiro atoms. The summed E-state index contributed by atoms with van der Waals surface area (Å²) in [5.41, 5.74) is -0.365. The Labute approximate surface area is 153 Å². The highest BCUT2D eigenvalue weighted by molar-refractivity contribution is 7.94. The van der Waals surface area contributed by atoms with Crippen molar-refractivity contribution < 1.29 is 22.6 Å². The number of sulfone groups is 1. The summed E-state index contributed by atoms with van der Waals surface area (Å²) < 4.78 is 28.7. The molecule has 26 heavy (non-hydrogen) atoms. The molecule has 136 valence electrons. The Balaban J connectivity index is 1.96. The van der Waals surface area contributed by atoms with Gasteiger partial charge >= 0.3 is 0 Å². The number of nitrogens with zero attached hydrogens (tertiary/aromatic N) is 2. The first kappa shape index (κ1) is 18.2. The molecule has 2 heterocycles. The van der Waals surface area contributed by atoms with Crippen LogP contribution >= 0.6 is 11.6 Å². The van der Waals surface area contributed by atoms with Gasteiger partial charge in [0.1, 0.15) is 10.8 Å². The van der Waals surface area contributed by atoms with Crippen molar-refractivity contribution in [3.63, 3.8) is 0 Å².